The van der Waals surface area contributed by atoms with Crippen molar-refractivity contribution in [2.24, 2.45) is 0 Å². The van der Waals surface area contributed by atoms with Crippen LogP contribution in [0.15, 0.2) is 48.5 Å². The summed E-state index contributed by atoms with van der Waals surface area (Å²) in [6.07, 6.45) is 0.934. The maximum absolute atomic E-state index is 11.1. The second kappa shape index (κ2) is 7.49. The molecule has 0 aromatic heterocycles. The van der Waals surface area contributed by atoms with Crippen LogP contribution in [0.2, 0.25) is 0 Å². The molecule has 1 aliphatic rings. The lowest BCUT2D eigenvalue weighted by Gasteiger charge is -2.30. The minimum absolute atomic E-state index is 0.00682. The molecule has 1 N–H and O–H groups in total. The molecule has 1 atom stereocenters. The Morgan fingerprint density at radius 1 is 1.25 bits per heavy atom. The van der Waals surface area contributed by atoms with Crippen LogP contribution in [-0.2, 0) is 22.5 Å². The fourth-order valence-electron chi connectivity index (χ4n) is 3.07. The molecule has 2 aromatic carbocycles. The van der Waals surface area contributed by atoms with Crippen LogP contribution in [0.3, 0.4) is 0 Å². The van der Waals surface area contributed by atoms with Gasteiger partial charge in [-0.3, -0.25) is 4.79 Å². The highest BCUT2D eigenvalue weighted by atomic mass is 16.5. The summed E-state index contributed by atoms with van der Waals surface area (Å²) < 4.78 is 6.11. The molecule has 1 heterocycles. The summed E-state index contributed by atoms with van der Waals surface area (Å²) >= 11 is 0. The predicted octanol–water partition coefficient (Wildman–Crippen LogP) is 3.07. The fraction of sp³-hybridized carbons (Fsp3) is 0.350. The van der Waals surface area contributed by atoms with Gasteiger partial charge in [0.1, 0.15) is 0 Å². The normalized spacial score (nSPS) is 17.6. The summed E-state index contributed by atoms with van der Waals surface area (Å²) in [5.74, 6) is -0.00682. The van der Waals surface area contributed by atoms with E-state index in [1.54, 1.807) is 6.92 Å². The number of hydrogen-bond acceptors (Lipinski definition) is 3. The number of nitrogens with one attached hydrogen (secondary N) is 1. The topological polar surface area (TPSA) is 41.6 Å². The van der Waals surface area contributed by atoms with E-state index < -0.39 is 0 Å². The number of likely N-dealkylation sites (N-methyl/N-ethyl adjacent to an activating group) is 1. The van der Waals surface area contributed by atoms with Gasteiger partial charge in [0.05, 0.1) is 12.7 Å². The Morgan fingerprint density at radius 2 is 2.04 bits per heavy atom. The van der Waals surface area contributed by atoms with E-state index in [9.17, 15) is 4.79 Å². The standard InChI is InChI=1S/C20H24N2O2/c1-15(23)21-14-16-8-9-18-13-20(17-6-4-3-5-7-17)24-11-10-22(2)19(18)12-16/h3-9,12,20H,10-11,13-14H2,1-2H3,(H,21,23). The first-order valence-corrected chi connectivity index (χ1v) is 8.37. The summed E-state index contributed by atoms with van der Waals surface area (Å²) in [6.45, 7) is 3.65. The van der Waals surface area contributed by atoms with Crippen LogP contribution < -0.4 is 10.2 Å². The monoisotopic (exact) mass is 324 g/mol. The van der Waals surface area contributed by atoms with Gasteiger partial charge in [0.25, 0.3) is 0 Å². The molecule has 0 aliphatic carbocycles. The summed E-state index contributed by atoms with van der Waals surface area (Å²) in [7, 11) is 2.09. The zero-order valence-electron chi connectivity index (χ0n) is 14.3. The lowest BCUT2D eigenvalue weighted by atomic mass is 9.97. The Morgan fingerprint density at radius 3 is 2.79 bits per heavy atom. The van der Waals surface area contributed by atoms with Crippen molar-refractivity contribution >= 4 is 11.6 Å². The van der Waals surface area contributed by atoms with Crippen molar-refractivity contribution in [3.05, 3.63) is 65.2 Å². The third-order valence-corrected chi connectivity index (χ3v) is 4.42. The molecule has 0 saturated carbocycles. The number of carbonyl (C=O) groups is 1. The first-order valence-electron chi connectivity index (χ1n) is 8.37. The van der Waals surface area contributed by atoms with E-state index >= 15 is 0 Å². The molecule has 2 aromatic rings. The van der Waals surface area contributed by atoms with Crippen LogP contribution >= 0.6 is 0 Å². The van der Waals surface area contributed by atoms with E-state index in [0.29, 0.717) is 13.2 Å². The summed E-state index contributed by atoms with van der Waals surface area (Å²) in [5.41, 5.74) is 4.84. The zero-order valence-corrected chi connectivity index (χ0v) is 14.3. The van der Waals surface area contributed by atoms with Gasteiger partial charge < -0.3 is 15.0 Å². The molecule has 0 radical (unpaired) electrons. The van der Waals surface area contributed by atoms with Gasteiger partial charge in [-0.05, 0) is 22.8 Å². The number of nitrogens with zero attached hydrogens (tertiary/aromatic N) is 1. The molecular formula is C20H24N2O2. The molecule has 0 fully saturated rings. The molecule has 24 heavy (non-hydrogen) atoms. The third-order valence-electron chi connectivity index (χ3n) is 4.42. The number of hydrogen-bond donors (Lipinski definition) is 1. The molecule has 126 valence electrons. The number of benzene rings is 2. The Labute approximate surface area is 143 Å². The highest BCUT2D eigenvalue weighted by molar-refractivity contribution is 5.72. The van der Waals surface area contributed by atoms with Gasteiger partial charge in [0.2, 0.25) is 5.91 Å². The Bertz CT molecular complexity index is 700. The molecule has 0 bridgehead atoms. The van der Waals surface area contributed by atoms with Gasteiger partial charge in [-0.15, -0.1) is 0 Å². The predicted molar refractivity (Wildman–Crippen MR) is 96.1 cm³/mol. The van der Waals surface area contributed by atoms with E-state index in [2.05, 4.69) is 59.7 Å². The first kappa shape index (κ1) is 16.5. The molecule has 0 saturated heterocycles. The van der Waals surface area contributed by atoms with Crippen LogP contribution in [0.1, 0.15) is 29.7 Å². The van der Waals surface area contributed by atoms with Crippen molar-refractivity contribution in [3.8, 4) is 0 Å². The molecule has 1 unspecified atom stereocenters. The van der Waals surface area contributed by atoms with Crippen LogP contribution in [0.5, 0.6) is 0 Å². The average Bonchev–Trinajstić information content (AvgIpc) is 2.58. The van der Waals surface area contributed by atoms with E-state index in [4.69, 9.17) is 4.74 Å². The highest BCUT2D eigenvalue weighted by Crippen LogP contribution is 2.30. The highest BCUT2D eigenvalue weighted by Gasteiger charge is 2.20. The van der Waals surface area contributed by atoms with E-state index in [1.165, 1.54) is 16.8 Å². The van der Waals surface area contributed by atoms with Gasteiger partial charge >= 0.3 is 0 Å². The summed E-state index contributed by atoms with van der Waals surface area (Å²) in [6, 6.07) is 16.8. The quantitative estimate of drug-likeness (QED) is 0.943. The maximum Gasteiger partial charge on any atom is 0.217 e. The van der Waals surface area contributed by atoms with Crippen molar-refractivity contribution < 1.29 is 9.53 Å². The lowest BCUT2D eigenvalue weighted by Crippen LogP contribution is -2.28. The second-order valence-corrected chi connectivity index (χ2v) is 6.27. The van der Waals surface area contributed by atoms with Crippen LogP contribution in [0, 0.1) is 0 Å². The number of amides is 1. The van der Waals surface area contributed by atoms with Crippen molar-refractivity contribution in [2.45, 2.75) is 26.0 Å². The number of fused-ring (bicyclic) bond motifs is 1. The van der Waals surface area contributed by atoms with Crippen LogP contribution in [0.4, 0.5) is 5.69 Å². The maximum atomic E-state index is 11.1. The Kier molecular flexibility index (Phi) is 5.16. The minimum atomic E-state index is -0.00682. The van der Waals surface area contributed by atoms with E-state index in [0.717, 1.165) is 18.5 Å². The van der Waals surface area contributed by atoms with Crippen molar-refractivity contribution in [1.82, 2.24) is 5.32 Å². The second-order valence-electron chi connectivity index (χ2n) is 6.27. The van der Waals surface area contributed by atoms with Crippen LogP contribution in [0.25, 0.3) is 0 Å². The van der Waals surface area contributed by atoms with Gasteiger partial charge in [0.15, 0.2) is 0 Å². The summed E-state index contributed by atoms with van der Waals surface area (Å²) in [5, 5.41) is 2.86. The van der Waals surface area contributed by atoms with Gasteiger partial charge in [-0.2, -0.15) is 0 Å². The third kappa shape index (κ3) is 3.95. The van der Waals surface area contributed by atoms with E-state index in [-0.39, 0.29) is 12.0 Å². The molecule has 3 rings (SSSR count). The Balaban J connectivity index is 1.86. The number of rotatable bonds is 3. The summed E-state index contributed by atoms with van der Waals surface area (Å²) in [4.78, 5) is 13.4. The largest absolute Gasteiger partial charge is 0.372 e. The fourth-order valence-corrected chi connectivity index (χ4v) is 3.07. The molecule has 1 aliphatic heterocycles. The van der Waals surface area contributed by atoms with Gasteiger partial charge in [-0.25, -0.2) is 0 Å². The SMILES string of the molecule is CC(=O)NCc1ccc2c(c1)N(C)CCOC(c1ccccc1)C2. The van der Waals surface area contributed by atoms with Gasteiger partial charge in [0, 0.05) is 39.2 Å². The Hall–Kier alpha value is -2.33. The molecule has 1 amide bonds. The van der Waals surface area contributed by atoms with Crippen molar-refractivity contribution in [3.63, 3.8) is 0 Å². The molecular weight excluding hydrogens is 300 g/mol. The zero-order chi connectivity index (χ0) is 16.9. The molecule has 4 nitrogen and oxygen atoms in total. The number of carbonyl (C=O) groups excluding carboxylic acids is 1. The smallest absolute Gasteiger partial charge is 0.217 e. The van der Waals surface area contributed by atoms with E-state index in [1.807, 2.05) is 6.07 Å². The lowest BCUT2D eigenvalue weighted by molar-refractivity contribution is -0.119. The average molecular weight is 324 g/mol. The van der Waals surface area contributed by atoms with Crippen molar-refractivity contribution in [2.75, 3.05) is 25.1 Å². The first-order chi connectivity index (χ1) is 11.6. The number of ether oxygens (including phenoxy) is 1. The minimum Gasteiger partial charge on any atom is -0.372 e. The van der Waals surface area contributed by atoms with Crippen molar-refractivity contribution in [1.29, 1.82) is 0 Å². The molecule has 4 heteroatoms. The molecule has 0 spiro atoms. The van der Waals surface area contributed by atoms with Gasteiger partial charge in [-0.1, -0.05) is 42.5 Å². The van der Waals surface area contributed by atoms with Crippen LogP contribution in [-0.4, -0.2) is 26.1 Å². The number of anilines is 1.